The van der Waals surface area contributed by atoms with Crippen molar-refractivity contribution in [3.63, 3.8) is 0 Å². The summed E-state index contributed by atoms with van der Waals surface area (Å²) < 4.78 is 10.5. The second-order valence-electron chi connectivity index (χ2n) is 8.04. The number of H-pyrrole nitrogens is 1. The number of nitrogens with two attached hydrogens (primary N) is 1. The van der Waals surface area contributed by atoms with E-state index in [9.17, 15) is 14.0 Å². The Bertz CT molecular complexity index is 1620. The summed E-state index contributed by atoms with van der Waals surface area (Å²) in [6.07, 6.45) is 5.07. The molecule has 0 aliphatic rings. The highest BCUT2D eigenvalue weighted by molar-refractivity contribution is 7.11. The summed E-state index contributed by atoms with van der Waals surface area (Å²) in [5.41, 5.74) is 11.9. The lowest BCUT2D eigenvalue weighted by Gasteiger charge is -2.14. The number of carboxylic acid groups (broad SMARTS) is 1. The highest BCUT2D eigenvalue weighted by Gasteiger charge is 2.18. The summed E-state index contributed by atoms with van der Waals surface area (Å²) in [4.78, 5) is 45.2. The largest absolute Gasteiger partial charge is 0.479 e. The topological polar surface area (TPSA) is 151 Å². The van der Waals surface area contributed by atoms with Gasteiger partial charge in [0.05, 0.1) is 11.1 Å². The monoisotopic (exact) mass is 531 g/mol. The van der Waals surface area contributed by atoms with Crippen LogP contribution in [0.15, 0.2) is 72.5 Å². The second kappa shape index (κ2) is 11.4. The summed E-state index contributed by atoms with van der Waals surface area (Å²) in [7, 11) is 0. The quantitative estimate of drug-likeness (QED) is 0.241. The van der Waals surface area contributed by atoms with E-state index in [4.69, 9.17) is 15.6 Å². The van der Waals surface area contributed by atoms with Gasteiger partial charge < -0.3 is 21.1 Å². The third kappa shape index (κ3) is 5.57. The highest BCUT2D eigenvalue weighted by atomic mass is 32.1. The molecule has 0 unspecified atom stereocenters. The molecule has 0 atom stereocenters. The average Bonchev–Trinajstić information content (AvgIpc) is 3.61. The number of anilines is 1. The van der Waals surface area contributed by atoms with Gasteiger partial charge in [0.2, 0.25) is 0 Å². The number of benzene rings is 2. The molecule has 0 radical (unpaired) electrons. The number of carbonyl (C=O) groups excluding carboxylic acids is 2. The fourth-order valence-corrected chi connectivity index (χ4v) is 4.44. The predicted octanol–water partition coefficient (Wildman–Crippen LogP) is 5.05. The Hall–Kier alpha value is -4.90. The molecule has 0 aliphatic heterocycles. The third-order valence-electron chi connectivity index (χ3n) is 5.64. The first-order valence-corrected chi connectivity index (χ1v) is 12.1. The van der Waals surface area contributed by atoms with Gasteiger partial charge >= 0.3 is 5.97 Å². The van der Waals surface area contributed by atoms with Crippen molar-refractivity contribution in [2.24, 2.45) is 5.73 Å². The van der Waals surface area contributed by atoms with Gasteiger partial charge in [-0.1, -0.05) is 18.2 Å². The predicted molar refractivity (Wildman–Crippen MR) is 144 cm³/mol. The number of halogens is 1. The molecular formula is C27H22FN5O4S. The van der Waals surface area contributed by atoms with Crippen LogP contribution in [-0.2, 0) is 4.79 Å². The molecule has 11 heteroatoms. The Balaban J connectivity index is 0.000000617. The van der Waals surface area contributed by atoms with E-state index < -0.39 is 18.6 Å². The average molecular weight is 532 g/mol. The minimum absolute atomic E-state index is 0.250. The van der Waals surface area contributed by atoms with Crippen molar-refractivity contribution in [2.75, 3.05) is 12.0 Å². The van der Waals surface area contributed by atoms with E-state index in [2.05, 4.69) is 20.3 Å². The van der Waals surface area contributed by atoms with Crippen LogP contribution in [0.3, 0.4) is 0 Å². The number of carbonyl (C=O) groups is 3. The maximum absolute atomic E-state index is 12.5. The number of carboxylic acids is 1. The number of hydrogen-bond donors (Lipinski definition) is 4. The van der Waals surface area contributed by atoms with Gasteiger partial charge in [0.25, 0.3) is 11.8 Å². The second-order valence-corrected chi connectivity index (χ2v) is 8.93. The zero-order chi connectivity index (χ0) is 27.2. The summed E-state index contributed by atoms with van der Waals surface area (Å²) in [5.74, 6) is -2.17. The van der Waals surface area contributed by atoms with Crippen LogP contribution in [-0.4, -0.2) is 44.5 Å². The first kappa shape index (κ1) is 26.2. The highest BCUT2D eigenvalue weighted by Crippen LogP contribution is 2.37. The van der Waals surface area contributed by atoms with E-state index in [1.165, 1.54) is 11.3 Å². The van der Waals surface area contributed by atoms with Gasteiger partial charge in [0.15, 0.2) is 11.7 Å². The number of alkyl halides is 1. The van der Waals surface area contributed by atoms with Crippen molar-refractivity contribution in [2.45, 2.75) is 6.92 Å². The summed E-state index contributed by atoms with van der Waals surface area (Å²) in [6, 6.07) is 15.1. The van der Waals surface area contributed by atoms with E-state index in [0.717, 1.165) is 33.3 Å². The standard InChI is InChI=1S/C25H19N5O2S.C2H3FO2/c1-14-16(5-2-6-20(14)30-24(32)25-28-10-11-33-25)17-7-8-18(23(26)31)22-19(17)12-21(29-22)15-4-3-9-27-13-15;3-1-2(4)5/h2-13,29H,1H3,(H2,26,31)(H,30,32);1H2,(H,4,5). The first-order chi connectivity index (χ1) is 18.3. The molecule has 5 aromatic rings. The van der Waals surface area contributed by atoms with E-state index in [0.29, 0.717) is 21.8 Å². The van der Waals surface area contributed by atoms with Crippen molar-refractivity contribution < 1.29 is 23.9 Å². The van der Waals surface area contributed by atoms with Crippen LogP contribution in [0, 0.1) is 6.92 Å². The van der Waals surface area contributed by atoms with E-state index in [1.54, 1.807) is 30.0 Å². The van der Waals surface area contributed by atoms with Crippen LogP contribution in [0.2, 0.25) is 0 Å². The SMILES string of the molecule is Cc1c(NC(=O)c2nccs2)cccc1-c1ccc(C(N)=O)c2[nH]c(-c3cccnc3)cc12.O=C(O)CF. The molecule has 0 saturated heterocycles. The molecule has 192 valence electrons. The summed E-state index contributed by atoms with van der Waals surface area (Å²) in [5, 5.41) is 13.3. The maximum Gasteiger partial charge on any atom is 0.335 e. The van der Waals surface area contributed by atoms with Gasteiger partial charge in [-0.3, -0.25) is 14.6 Å². The lowest BCUT2D eigenvalue weighted by Crippen LogP contribution is -2.13. The minimum Gasteiger partial charge on any atom is -0.479 e. The fraction of sp³-hybridized carbons (Fsp3) is 0.0741. The lowest BCUT2D eigenvalue weighted by atomic mass is 9.94. The Kier molecular flexibility index (Phi) is 7.88. The molecule has 0 saturated carbocycles. The van der Waals surface area contributed by atoms with Crippen LogP contribution < -0.4 is 11.1 Å². The molecule has 5 N–H and O–H groups in total. The Morgan fingerprint density at radius 3 is 2.53 bits per heavy atom. The molecule has 3 heterocycles. The van der Waals surface area contributed by atoms with Gasteiger partial charge in [0.1, 0.15) is 0 Å². The number of fused-ring (bicyclic) bond motifs is 1. The number of aliphatic carboxylic acids is 1. The summed E-state index contributed by atoms with van der Waals surface area (Å²) >= 11 is 1.29. The molecule has 38 heavy (non-hydrogen) atoms. The molecule has 2 amide bonds. The number of aromatic amines is 1. The number of primary amides is 1. The van der Waals surface area contributed by atoms with Crippen LogP contribution in [0.5, 0.6) is 0 Å². The van der Waals surface area contributed by atoms with Crippen molar-refractivity contribution in [3.05, 3.63) is 88.6 Å². The zero-order valence-corrected chi connectivity index (χ0v) is 20.9. The minimum atomic E-state index is -1.41. The lowest BCUT2D eigenvalue weighted by molar-refractivity contribution is -0.137. The Morgan fingerprint density at radius 2 is 1.89 bits per heavy atom. The zero-order valence-electron chi connectivity index (χ0n) is 20.1. The summed E-state index contributed by atoms with van der Waals surface area (Å²) in [6.45, 7) is 0.676. The van der Waals surface area contributed by atoms with Crippen molar-refractivity contribution in [1.29, 1.82) is 0 Å². The van der Waals surface area contributed by atoms with Crippen LogP contribution in [0.25, 0.3) is 33.3 Å². The molecule has 5 rings (SSSR count). The Labute approximate surface area is 220 Å². The third-order valence-corrected chi connectivity index (χ3v) is 6.42. The number of hydrogen-bond acceptors (Lipinski definition) is 6. The van der Waals surface area contributed by atoms with Crippen molar-refractivity contribution >= 4 is 45.7 Å². The molecule has 0 bridgehead atoms. The van der Waals surface area contributed by atoms with Gasteiger partial charge in [-0.05, 0) is 53.9 Å². The van der Waals surface area contributed by atoms with E-state index >= 15 is 0 Å². The van der Waals surface area contributed by atoms with E-state index in [1.807, 2.05) is 49.4 Å². The van der Waals surface area contributed by atoms with Gasteiger partial charge in [-0.2, -0.15) is 0 Å². The molecule has 3 aromatic heterocycles. The van der Waals surface area contributed by atoms with Crippen LogP contribution in [0.1, 0.15) is 25.7 Å². The van der Waals surface area contributed by atoms with Crippen LogP contribution in [0.4, 0.5) is 10.1 Å². The Morgan fingerprint density at radius 1 is 1.11 bits per heavy atom. The fourth-order valence-electron chi connectivity index (χ4n) is 3.91. The number of rotatable bonds is 6. The molecule has 0 spiro atoms. The number of amides is 2. The van der Waals surface area contributed by atoms with Gasteiger partial charge in [-0.25, -0.2) is 14.2 Å². The maximum atomic E-state index is 12.5. The van der Waals surface area contributed by atoms with Crippen LogP contribution >= 0.6 is 11.3 Å². The molecule has 2 aromatic carbocycles. The van der Waals surface area contributed by atoms with Crippen molar-refractivity contribution in [1.82, 2.24) is 15.0 Å². The number of aromatic nitrogens is 3. The van der Waals surface area contributed by atoms with Gasteiger partial charge in [0, 0.05) is 46.3 Å². The molecular weight excluding hydrogens is 509 g/mol. The first-order valence-electron chi connectivity index (χ1n) is 11.2. The number of thiazole rings is 1. The number of pyridine rings is 1. The molecule has 9 nitrogen and oxygen atoms in total. The molecule has 0 aliphatic carbocycles. The van der Waals surface area contributed by atoms with E-state index in [-0.39, 0.29) is 5.91 Å². The van der Waals surface area contributed by atoms with Gasteiger partial charge in [-0.15, -0.1) is 11.3 Å². The smallest absolute Gasteiger partial charge is 0.335 e. The number of nitrogens with one attached hydrogen (secondary N) is 2. The number of nitrogens with zero attached hydrogens (tertiary/aromatic N) is 2. The van der Waals surface area contributed by atoms with Crippen molar-refractivity contribution in [3.8, 4) is 22.4 Å². The normalized spacial score (nSPS) is 10.5. The molecule has 0 fully saturated rings.